The zero-order chi connectivity index (χ0) is 19.3. The standard InChI is InChI=1S/C17H19BrN2O5S/c1-5-20(10(2)21)17-19-12(9-26-17)8-25-16(22)11-6-13(23-3)15(18)14(7-11)24-4/h6-7,9H,5,8H2,1-4H3. The Balaban J connectivity index is 2.10. The lowest BCUT2D eigenvalue weighted by Crippen LogP contribution is -2.27. The van der Waals surface area contributed by atoms with E-state index < -0.39 is 5.97 Å². The minimum absolute atomic E-state index is 0.00544. The Bertz CT molecular complexity index is 783. The summed E-state index contributed by atoms with van der Waals surface area (Å²) in [6, 6.07) is 3.13. The molecule has 2 aromatic rings. The van der Waals surface area contributed by atoms with E-state index in [9.17, 15) is 9.59 Å². The number of halogens is 1. The zero-order valence-corrected chi connectivity index (χ0v) is 17.3. The fraction of sp³-hybridized carbons (Fsp3) is 0.353. The van der Waals surface area contributed by atoms with E-state index in [-0.39, 0.29) is 12.5 Å². The van der Waals surface area contributed by atoms with E-state index >= 15 is 0 Å². The van der Waals surface area contributed by atoms with Gasteiger partial charge in [0.15, 0.2) is 5.13 Å². The number of rotatable bonds is 7. The first-order valence-corrected chi connectivity index (χ1v) is 9.39. The van der Waals surface area contributed by atoms with Crippen molar-refractivity contribution < 1.29 is 23.8 Å². The summed E-state index contributed by atoms with van der Waals surface area (Å²) in [7, 11) is 3.00. The maximum absolute atomic E-state index is 12.3. The van der Waals surface area contributed by atoms with Gasteiger partial charge in [-0.2, -0.15) is 0 Å². The van der Waals surface area contributed by atoms with Gasteiger partial charge >= 0.3 is 5.97 Å². The van der Waals surface area contributed by atoms with Gasteiger partial charge < -0.3 is 14.2 Å². The van der Waals surface area contributed by atoms with Crippen LogP contribution in [-0.4, -0.2) is 37.6 Å². The topological polar surface area (TPSA) is 78.0 Å². The van der Waals surface area contributed by atoms with Crippen molar-refractivity contribution in [3.05, 3.63) is 33.2 Å². The van der Waals surface area contributed by atoms with Crippen LogP contribution < -0.4 is 14.4 Å². The average Bonchev–Trinajstić information content (AvgIpc) is 3.08. The second-order valence-corrected chi connectivity index (χ2v) is 6.79. The lowest BCUT2D eigenvalue weighted by Gasteiger charge is -2.14. The summed E-state index contributed by atoms with van der Waals surface area (Å²) < 4.78 is 16.4. The van der Waals surface area contributed by atoms with Crippen LogP contribution in [0, 0.1) is 0 Å². The lowest BCUT2D eigenvalue weighted by atomic mass is 10.2. The second-order valence-electron chi connectivity index (χ2n) is 5.16. The molecule has 1 aromatic heterocycles. The highest BCUT2D eigenvalue weighted by atomic mass is 79.9. The van der Waals surface area contributed by atoms with E-state index in [1.165, 1.54) is 32.5 Å². The van der Waals surface area contributed by atoms with Gasteiger partial charge in [0.25, 0.3) is 0 Å². The molecule has 0 saturated carbocycles. The molecule has 1 heterocycles. The van der Waals surface area contributed by atoms with Crippen molar-refractivity contribution in [1.29, 1.82) is 0 Å². The van der Waals surface area contributed by atoms with Crippen LogP contribution in [0.5, 0.6) is 11.5 Å². The number of aromatic nitrogens is 1. The molecule has 7 nitrogen and oxygen atoms in total. The normalized spacial score (nSPS) is 10.3. The Morgan fingerprint density at radius 1 is 1.23 bits per heavy atom. The van der Waals surface area contributed by atoms with Crippen LogP contribution in [0.25, 0.3) is 0 Å². The van der Waals surface area contributed by atoms with Gasteiger partial charge in [0.2, 0.25) is 5.91 Å². The van der Waals surface area contributed by atoms with Crippen molar-refractivity contribution >= 4 is 44.3 Å². The van der Waals surface area contributed by atoms with Crippen LogP contribution in [0.4, 0.5) is 5.13 Å². The van der Waals surface area contributed by atoms with Gasteiger partial charge in [-0.25, -0.2) is 9.78 Å². The minimum atomic E-state index is -0.525. The highest BCUT2D eigenvalue weighted by Gasteiger charge is 2.17. The number of esters is 1. The van der Waals surface area contributed by atoms with Gasteiger partial charge in [-0.15, -0.1) is 11.3 Å². The summed E-state index contributed by atoms with van der Waals surface area (Å²) in [5.74, 6) is 0.321. The van der Waals surface area contributed by atoms with Gasteiger partial charge in [-0.3, -0.25) is 9.69 Å². The monoisotopic (exact) mass is 442 g/mol. The minimum Gasteiger partial charge on any atom is -0.495 e. The fourth-order valence-electron chi connectivity index (χ4n) is 2.19. The number of thiazole rings is 1. The molecule has 0 aliphatic rings. The van der Waals surface area contributed by atoms with Crippen molar-refractivity contribution in [2.24, 2.45) is 0 Å². The SMILES string of the molecule is CCN(C(C)=O)c1nc(COC(=O)c2cc(OC)c(Br)c(OC)c2)cs1. The van der Waals surface area contributed by atoms with Crippen molar-refractivity contribution in [2.45, 2.75) is 20.5 Å². The molecular formula is C17H19BrN2O5S. The van der Waals surface area contributed by atoms with Gasteiger partial charge in [-0.1, -0.05) is 0 Å². The molecule has 0 N–H and O–H groups in total. The highest BCUT2D eigenvalue weighted by Crippen LogP contribution is 2.35. The molecule has 9 heteroatoms. The third-order valence-corrected chi connectivity index (χ3v) is 5.19. The largest absolute Gasteiger partial charge is 0.495 e. The average molecular weight is 443 g/mol. The number of benzene rings is 1. The molecule has 0 aliphatic carbocycles. The zero-order valence-electron chi connectivity index (χ0n) is 14.9. The first-order chi connectivity index (χ1) is 12.4. The molecular weight excluding hydrogens is 424 g/mol. The summed E-state index contributed by atoms with van der Waals surface area (Å²) >= 11 is 4.68. The Hall–Kier alpha value is -2.13. The number of amides is 1. The molecule has 1 aromatic carbocycles. The molecule has 0 spiro atoms. The predicted molar refractivity (Wildman–Crippen MR) is 102 cm³/mol. The van der Waals surface area contributed by atoms with Crippen LogP contribution >= 0.6 is 27.3 Å². The third kappa shape index (κ3) is 4.53. The number of ether oxygens (including phenoxy) is 3. The first-order valence-electron chi connectivity index (χ1n) is 7.72. The van der Waals surface area contributed by atoms with Crippen LogP contribution in [0.15, 0.2) is 22.0 Å². The van der Waals surface area contributed by atoms with E-state index in [0.29, 0.717) is 38.9 Å². The van der Waals surface area contributed by atoms with Crippen LogP contribution in [0.1, 0.15) is 29.9 Å². The molecule has 140 valence electrons. The number of nitrogens with zero attached hydrogens (tertiary/aromatic N) is 2. The van der Waals surface area contributed by atoms with E-state index in [4.69, 9.17) is 14.2 Å². The maximum Gasteiger partial charge on any atom is 0.338 e. The van der Waals surface area contributed by atoms with E-state index in [1.54, 1.807) is 22.4 Å². The van der Waals surface area contributed by atoms with Gasteiger partial charge in [-0.05, 0) is 35.0 Å². The number of anilines is 1. The lowest BCUT2D eigenvalue weighted by molar-refractivity contribution is -0.116. The molecule has 0 aliphatic heterocycles. The summed E-state index contributed by atoms with van der Waals surface area (Å²) in [5, 5.41) is 2.34. The smallest absolute Gasteiger partial charge is 0.338 e. The molecule has 2 rings (SSSR count). The predicted octanol–water partition coefficient (Wildman–Crippen LogP) is 3.65. The Morgan fingerprint density at radius 2 is 1.85 bits per heavy atom. The number of carbonyl (C=O) groups excluding carboxylic acids is 2. The molecule has 0 radical (unpaired) electrons. The molecule has 0 atom stereocenters. The first kappa shape index (κ1) is 20.2. The second kappa shape index (κ2) is 9.00. The quantitative estimate of drug-likeness (QED) is 0.608. The number of hydrogen-bond acceptors (Lipinski definition) is 7. The fourth-order valence-corrected chi connectivity index (χ4v) is 3.66. The Labute approximate surface area is 164 Å². The Kier molecular flexibility index (Phi) is 6.98. The van der Waals surface area contributed by atoms with Crippen molar-refractivity contribution in [1.82, 2.24) is 4.98 Å². The number of carbonyl (C=O) groups is 2. The maximum atomic E-state index is 12.3. The summed E-state index contributed by atoms with van der Waals surface area (Å²) in [5.41, 5.74) is 0.880. The van der Waals surface area contributed by atoms with Crippen LogP contribution in [-0.2, 0) is 16.1 Å². The van der Waals surface area contributed by atoms with Gasteiger partial charge in [0.1, 0.15) is 22.6 Å². The van der Waals surface area contributed by atoms with Gasteiger partial charge in [0, 0.05) is 18.8 Å². The number of methoxy groups -OCH3 is 2. The highest BCUT2D eigenvalue weighted by molar-refractivity contribution is 9.10. The summed E-state index contributed by atoms with van der Waals surface area (Å²) in [6.45, 7) is 3.89. The molecule has 0 bridgehead atoms. The molecule has 0 saturated heterocycles. The van der Waals surface area contributed by atoms with E-state index in [1.807, 2.05) is 6.92 Å². The third-order valence-electron chi connectivity index (χ3n) is 3.50. The van der Waals surface area contributed by atoms with Crippen LogP contribution in [0.3, 0.4) is 0 Å². The van der Waals surface area contributed by atoms with Crippen molar-refractivity contribution in [3.63, 3.8) is 0 Å². The van der Waals surface area contributed by atoms with Crippen molar-refractivity contribution in [3.8, 4) is 11.5 Å². The summed E-state index contributed by atoms with van der Waals surface area (Å²) in [6.07, 6.45) is 0. The Morgan fingerprint density at radius 3 is 2.35 bits per heavy atom. The molecule has 26 heavy (non-hydrogen) atoms. The molecule has 0 unspecified atom stereocenters. The van der Waals surface area contributed by atoms with Crippen molar-refractivity contribution in [2.75, 3.05) is 25.7 Å². The summed E-state index contributed by atoms with van der Waals surface area (Å²) in [4.78, 5) is 29.8. The molecule has 1 amide bonds. The van der Waals surface area contributed by atoms with E-state index in [0.717, 1.165) is 0 Å². The van der Waals surface area contributed by atoms with Crippen LogP contribution in [0.2, 0.25) is 0 Å². The van der Waals surface area contributed by atoms with E-state index in [2.05, 4.69) is 20.9 Å². The van der Waals surface area contributed by atoms with Gasteiger partial charge in [0.05, 0.1) is 25.5 Å². The molecule has 0 fully saturated rings. The number of hydrogen-bond donors (Lipinski definition) is 0.